The molecule has 1 amide bonds. The number of carbonyl (C=O) groups excluding carboxylic acids is 1. The van der Waals surface area contributed by atoms with Gasteiger partial charge >= 0.3 is 0 Å². The number of rotatable bonds is 4. The van der Waals surface area contributed by atoms with Crippen molar-refractivity contribution in [1.29, 1.82) is 0 Å². The van der Waals surface area contributed by atoms with Crippen LogP contribution in [-0.4, -0.2) is 26.7 Å². The van der Waals surface area contributed by atoms with Gasteiger partial charge < -0.3 is 5.32 Å². The molecule has 3 aromatic heterocycles. The third-order valence-corrected chi connectivity index (χ3v) is 4.55. The average Bonchev–Trinajstić information content (AvgIpc) is 3.07. The summed E-state index contributed by atoms with van der Waals surface area (Å²) < 4.78 is 1.54. The molecule has 0 aliphatic heterocycles. The third-order valence-electron chi connectivity index (χ3n) is 3.65. The van der Waals surface area contributed by atoms with Crippen LogP contribution in [0.5, 0.6) is 0 Å². The fourth-order valence-corrected chi connectivity index (χ4v) is 3.48. The molecule has 120 valence electrons. The maximum Gasteiger partial charge on any atom is 0.274 e. The Kier molecular flexibility index (Phi) is 4.04. The Bertz CT molecular complexity index is 908. The molecule has 3 rings (SSSR count). The average molecular weight is 330 g/mol. The van der Waals surface area contributed by atoms with Crippen LogP contribution in [0, 0.1) is 6.92 Å². The molecule has 1 atom stereocenters. The molecular formula is C16H18N4O2S. The van der Waals surface area contributed by atoms with Crippen molar-refractivity contribution in [1.82, 2.24) is 20.1 Å². The highest BCUT2D eigenvalue weighted by Gasteiger charge is 2.19. The minimum Gasteiger partial charge on any atom is -0.349 e. The number of thiophene rings is 1. The molecule has 0 bridgehead atoms. The van der Waals surface area contributed by atoms with E-state index in [2.05, 4.69) is 15.4 Å². The van der Waals surface area contributed by atoms with E-state index in [4.69, 9.17) is 0 Å². The van der Waals surface area contributed by atoms with Crippen molar-refractivity contribution in [2.45, 2.75) is 26.3 Å². The summed E-state index contributed by atoms with van der Waals surface area (Å²) in [6, 6.07) is 5.68. The number of aromatic nitrogens is 3. The molecule has 0 radical (unpaired) electrons. The number of aryl methyl sites for hydroxylation is 2. The van der Waals surface area contributed by atoms with E-state index in [9.17, 15) is 9.59 Å². The number of amides is 1. The van der Waals surface area contributed by atoms with Gasteiger partial charge in [0.2, 0.25) is 0 Å². The summed E-state index contributed by atoms with van der Waals surface area (Å²) in [5, 5.41) is 7.97. The fraction of sp³-hybridized carbons (Fsp3) is 0.312. The number of nitrogens with one attached hydrogen (secondary N) is 2. The number of hydrogen-bond donors (Lipinski definition) is 2. The van der Waals surface area contributed by atoms with E-state index in [-0.39, 0.29) is 17.5 Å². The van der Waals surface area contributed by atoms with Gasteiger partial charge in [-0.25, -0.2) is 4.98 Å². The number of carbonyl (C=O) groups is 1. The van der Waals surface area contributed by atoms with Crippen molar-refractivity contribution >= 4 is 28.3 Å². The Morgan fingerprint density at radius 3 is 3.00 bits per heavy atom. The second kappa shape index (κ2) is 6.00. The Balaban J connectivity index is 1.90. The number of nitrogens with zero attached hydrogens (tertiary/aromatic N) is 2. The van der Waals surface area contributed by atoms with Gasteiger partial charge in [-0.1, -0.05) is 6.07 Å². The summed E-state index contributed by atoms with van der Waals surface area (Å²) in [7, 11) is 1.71. The lowest BCUT2D eigenvalue weighted by Crippen LogP contribution is -2.34. The second-order valence-corrected chi connectivity index (χ2v) is 6.70. The summed E-state index contributed by atoms with van der Waals surface area (Å²) in [6.07, 6.45) is 0.766. The summed E-state index contributed by atoms with van der Waals surface area (Å²) in [5.74, 6) is -0.249. The molecule has 1 unspecified atom stereocenters. The van der Waals surface area contributed by atoms with E-state index in [0.29, 0.717) is 22.3 Å². The number of pyridine rings is 1. The highest BCUT2D eigenvalue weighted by Crippen LogP contribution is 2.15. The molecule has 0 spiro atoms. The Morgan fingerprint density at radius 2 is 2.30 bits per heavy atom. The van der Waals surface area contributed by atoms with Crippen molar-refractivity contribution in [3.8, 4) is 0 Å². The molecule has 0 aliphatic carbocycles. The van der Waals surface area contributed by atoms with Crippen molar-refractivity contribution in [3.63, 3.8) is 0 Å². The van der Waals surface area contributed by atoms with Crippen LogP contribution < -0.4 is 10.9 Å². The lowest BCUT2D eigenvalue weighted by molar-refractivity contribution is 0.0941. The van der Waals surface area contributed by atoms with E-state index < -0.39 is 0 Å². The van der Waals surface area contributed by atoms with E-state index >= 15 is 0 Å². The molecular weight excluding hydrogens is 312 g/mol. The second-order valence-electron chi connectivity index (χ2n) is 5.67. The highest BCUT2D eigenvalue weighted by molar-refractivity contribution is 7.09. The zero-order valence-corrected chi connectivity index (χ0v) is 14.0. The third kappa shape index (κ3) is 3.05. The summed E-state index contributed by atoms with van der Waals surface area (Å²) in [5.41, 5.74) is 1.26. The van der Waals surface area contributed by atoms with Crippen molar-refractivity contribution < 1.29 is 4.79 Å². The van der Waals surface area contributed by atoms with Crippen molar-refractivity contribution in [2.75, 3.05) is 0 Å². The van der Waals surface area contributed by atoms with Gasteiger partial charge in [-0.05, 0) is 31.4 Å². The monoisotopic (exact) mass is 330 g/mol. The zero-order chi connectivity index (χ0) is 16.6. The highest BCUT2D eigenvalue weighted by atomic mass is 32.1. The minimum atomic E-state index is -0.300. The standard InChI is InChI=1S/C16H18N4O2S/c1-9(7-11-5-4-6-23-11)18-15(21)12-8-10(2)17-14-13(12)16(22)19-20(14)3/h4-6,8-9H,7H2,1-3H3,(H,18,21)(H,19,22). The number of fused-ring (bicyclic) bond motifs is 1. The summed E-state index contributed by atoms with van der Waals surface area (Å²) in [4.78, 5) is 30.2. The van der Waals surface area contributed by atoms with Gasteiger partial charge in [-0.15, -0.1) is 11.3 Å². The van der Waals surface area contributed by atoms with Gasteiger partial charge in [-0.2, -0.15) is 0 Å². The van der Waals surface area contributed by atoms with Crippen molar-refractivity contribution in [2.24, 2.45) is 7.05 Å². The minimum absolute atomic E-state index is 0.0209. The number of H-pyrrole nitrogens is 1. The lowest BCUT2D eigenvalue weighted by Gasteiger charge is -2.13. The van der Waals surface area contributed by atoms with E-state index in [0.717, 1.165) is 6.42 Å². The summed E-state index contributed by atoms with van der Waals surface area (Å²) in [6.45, 7) is 3.76. The summed E-state index contributed by atoms with van der Waals surface area (Å²) >= 11 is 1.67. The molecule has 23 heavy (non-hydrogen) atoms. The van der Waals surface area contributed by atoms with Gasteiger partial charge in [0.05, 0.1) is 10.9 Å². The van der Waals surface area contributed by atoms with Crippen LogP contribution in [0.1, 0.15) is 27.9 Å². The van der Waals surface area contributed by atoms with Crippen molar-refractivity contribution in [3.05, 3.63) is 50.1 Å². The molecule has 0 aromatic carbocycles. The van der Waals surface area contributed by atoms with Crippen LogP contribution in [0.3, 0.4) is 0 Å². The van der Waals surface area contributed by atoms with E-state index in [1.807, 2.05) is 31.4 Å². The van der Waals surface area contributed by atoms with Crippen LogP contribution in [0.25, 0.3) is 11.0 Å². The molecule has 3 heterocycles. The molecule has 3 aromatic rings. The Hall–Kier alpha value is -2.41. The van der Waals surface area contributed by atoms with Crippen LogP contribution >= 0.6 is 11.3 Å². The van der Waals surface area contributed by atoms with Gasteiger partial charge in [0.1, 0.15) is 0 Å². The molecule has 0 saturated carbocycles. The lowest BCUT2D eigenvalue weighted by atomic mass is 10.1. The quantitative estimate of drug-likeness (QED) is 0.768. The first kappa shape index (κ1) is 15.5. The first-order valence-corrected chi connectivity index (χ1v) is 8.23. The van der Waals surface area contributed by atoms with Crippen LogP contribution in [0.15, 0.2) is 28.4 Å². The smallest absolute Gasteiger partial charge is 0.274 e. The predicted octanol–water partition coefficient (Wildman–Crippen LogP) is 1.99. The number of hydrogen-bond acceptors (Lipinski definition) is 4. The van der Waals surface area contributed by atoms with Crippen LogP contribution in [0.4, 0.5) is 0 Å². The van der Waals surface area contributed by atoms with Gasteiger partial charge in [0.25, 0.3) is 11.5 Å². The van der Waals surface area contributed by atoms with Gasteiger partial charge in [-0.3, -0.25) is 19.4 Å². The molecule has 0 fully saturated rings. The predicted molar refractivity (Wildman–Crippen MR) is 91.0 cm³/mol. The van der Waals surface area contributed by atoms with E-state index in [1.165, 1.54) is 9.56 Å². The zero-order valence-electron chi connectivity index (χ0n) is 13.2. The molecule has 6 nitrogen and oxygen atoms in total. The topological polar surface area (TPSA) is 79.8 Å². The van der Waals surface area contributed by atoms with Gasteiger partial charge in [0, 0.05) is 30.1 Å². The van der Waals surface area contributed by atoms with E-state index in [1.54, 1.807) is 24.5 Å². The normalized spacial score (nSPS) is 12.5. The maximum atomic E-state index is 12.6. The van der Waals surface area contributed by atoms with Crippen LogP contribution in [0.2, 0.25) is 0 Å². The molecule has 7 heteroatoms. The SMILES string of the molecule is Cc1cc(C(=O)NC(C)Cc2cccs2)c2c(=O)[nH]n(C)c2n1. The maximum absolute atomic E-state index is 12.6. The van der Waals surface area contributed by atoms with Gasteiger partial charge in [0.15, 0.2) is 5.65 Å². The Morgan fingerprint density at radius 1 is 1.52 bits per heavy atom. The fourth-order valence-electron chi connectivity index (χ4n) is 2.65. The van der Waals surface area contributed by atoms with Crippen LogP contribution in [-0.2, 0) is 13.5 Å². The molecule has 0 saturated heterocycles. The first-order chi connectivity index (χ1) is 11.0. The molecule has 0 aliphatic rings. The largest absolute Gasteiger partial charge is 0.349 e. The molecule has 2 N–H and O–H groups in total. The Labute approximate surface area is 137 Å². The number of aromatic amines is 1. The first-order valence-electron chi connectivity index (χ1n) is 7.35.